The standard InChI is InChI=1S/C22H21N5O3S/c28-20-15-13-26(22(30)18-6-3-11-31-18)10-7-16(15)24-19(25-20)17-5-2-9-27(17)21(29)14-4-1-8-23-12-14/h1,3-4,6,8,11-12,17H,2,5,7,9-10,13H2,(H,24,25,28)/t17-/m0/s1. The molecule has 0 radical (unpaired) electrons. The minimum atomic E-state index is -0.267. The average molecular weight is 436 g/mol. The number of likely N-dealkylation sites (tertiary alicyclic amines) is 1. The zero-order valence-electron chi connectivity index (χ0n) is 16.8. The molecule has 0 aromatic carbocycles. The molecule has 158 valence electrons. The van der Waals surface area contributed by atoms with Crippen molar-refractivity contribution in [3.05, 3.63) is 79.9 Å². The minimum absolute atomic E-state index is 0.0619. The van der Waals surface area contributed by atoms with Gasteiger partial charge in [-0.1, -0.05) is 6.07 Å². The van der Waals surface area contributed by atoms with Crippen molar-refractivity contribution in [2.75, 3.05) is 13.1 Å². The summed E-state index contributed by atoms with van der Waals surface area (Å²) in [5.74, 6) is 0.355. The van der Waals surface area contributed by atoms with E-state index < -0.39 is 0 Å². The molecule has 2 amide bonds. The summed E-state index contributed by atoms with van der Waals surface area (Å²) in [5.41, 5.74) is 1.54. The van der Waals surface area contributed by atoms with Gasteiger partial charge in [0.2, 0.25) is 0 Å². The lowest BCUT2D eigenvalue weighted by Crippen LogP contribution is -2.40. The highest BCUT2D eigenvalue weighted by atomic mass is 32.1. The Bertz CT molecular complexity index is 1180. The number of rotatable bonds is 3. The molecule has 0 spiro atoms. The van der Waals surface area contributed by atoms with Crippen LogP contribution in [0.5, 0.6) is 0 Å². The predicted molar refractivity (Wildman–Crippen MR) is 115 cm³/mol. The molecule has 3 aromatic rings. The molecular formula is C22H21N5O3S. The lowest BCUT2D eigenvalue weighted by atomic mass is 10.1. The Morgan fingerprint density at radius 1 is 1.16 bits per heavy atom. The van der Waals surface area contributed by atoms with Crippen LogP contribution in [-0.4, -0.2) is 49.7 Å². The van der Waals surface area contributed by atoms with Gasteiger partial charge < -0.3 is 14.8 Å². The van der Waals surface area contributed by atoms with Gasteiger partial charge >= 0.3 is 0 Å². The number of hydrogen-bond donors (Lipinski definition) is 1. The molecule has 2 aliphatic heterocycles. The fourth-order valence-electron chi connectivity index (χ4n) is 4.28. The zero-order valence-corrected chi connectivity index (χ0v) is 17.6. The van der Waals surface area contributed by atoms with E-state index in [4.69, 9.17) is 4.98 Å². The summed E-state index contributed by atoms with van der Waals surface area (Å²) in [7, 11) is 0. The smallest absolute Gasteiger partial charge is 0.264 e. The first-order valence-corrected chi connectivity index (χ1v) is 11.2. The number of nitrogens with one attached hydrogen (secondary N) is 1. The number of hydrogen-bond acceptors (Lipinski definition) is 6. The summed E-state index contributed by atoms with van der Waals surface area (Å²) < 4.78 is 0. The molecule has 5 rings (SSSR count). The number of pyridine rings is 1. The van der Waals surface area contributed by atoms with Crippen LogP contribution in [0.2, 0.25) is 0 Å². The van der Waals surface area contributed by atoms with E-state index in [0.717, 1.165) is 18.5 Å². The molecule has 1 fully saturated rings. The molecule has 1 N–H and O–H groups in total. The van der Waals surface area contributed by atoms with E-state index in [0.29, 0.717) is 41.3 Å². The van der Waals surface area contributed by atoms with Gasteiger partial charge in [0.25, 0.3) is 17.4 Å². The predicted octanol–water partition coefficient (Wildman–Crippen LogP) is 2.40. The molecule has 1 saturated heterocycles. The molecule has 0 saturated carbocycles. The number of thiophene rings is 1. The van der Waals surface area contributed by atoms with E-state index in [1.54, 1.807) is 40.4 Å². The second-order valence-electron chi connectivity index (χ2n) is 7.73. The van der Waals surface area contributed by atoms with Crippen LogP contribution < -0.4 is 5.56 Å². The van der Waals surface area contributed by atoms with Gasteiger partial charge in [-0.3, -0.25) is 19.4 Å². The summed E-state index contributed by atoms with van der Waals surface area (Å²) in [6.07, 6.45) is 5.30. The van der Waals surface area contributed by atoms with E-state index in [1.807, 2.05) is 11.4 Å². The number of amides is 2. The third kappa shape index (κ3) is 3.65. The number of H-pyrrole nitrogens is 1. The number of carbonyl (C=O) groups excluding carboxylic acids is 2. The normalized spacial score (nSPS) is 18.1. The molecule has 9 heteroatoms. The quantitative estimate of drug-likeness (QED) is 0.681. The second kappa shape index (κ2) is 8.07. The van der Waals surface area contributed by atoms with Gasteiger partial charge in [-0.05, 0) is 36.4 Å². The molecule has 5 heterocycles. The summed E-state index contributed by atoms with van der Waals surface area (Å²) in [4.78, 5) is 54.3. The lowest BCUT2D eigenvalue weighted by molar-refractivity contribution is 0.0718. The molecule has 8 nitrogen and oxygen atoms in total. The summed E-state index contributed by atoms with van der Waals surface area (Å²) in [5, 5.41) is 1.87. The lowest BCUT2D eigenvalue weighted by Gasteiger charge is -2.29. The number of aromatic amines is 1. The Morgan fingerprint density at radius 3 is 2.84 bits per heavy atom. The number of nitrogens with zero attached hydrogens (tertiary/aromatic N) is 4. The van der Waals surface area contributed by atoms with E-state index in [9.17, 15) is 14.4 Å². The van der Waals surface area contributed by atoms with Gasteiger partial charge in [-0.25, -0.2) is 4.98 Å². The summed E-state index contributed by atoms with van der Waals surface area (Å²) in [6.45, 7) is 1.38. The Hall–Kier alpha value is -3.33. The second-order valence-corrected chi connectivity index (χ2v) is 8.68. The Morgan fingerprint density at radius 2 is 2.06 bits per heavy atom. The summed E-state index contributed by atoms with van der Waals surface area (Å²) >= 11 is 1.40. The van der Waals surface area contributed by atoms with E-state index in [-0.39, 0.29) is 30.0 Å². The highest BCUT2D eigenvalue weighted by Gasteiger charge is 2.34. The molecule has 0 bridgehead atoms. The molecule has 31 heavy (non-hydrogen) atoms. The maximum absolute atomic E-state index is 13.0. The topological polar surface area (TPSA) is 99.3 Å². The fraction of sp³-hybridized carbons (Fsp3) is 0.318. The van der Waals surface area contributed by atoms with E-state index >= 15 is 0 Å². The minimum Gasteiger partial charge on any atom is -0.333 e. The fourth-order valence-corrected chi connectivity index (χ4v) is 4.97. The van der Waals surface area contributed by atoms with Crippen molar-refractivity contribution in [3.63, 3.8) is 0 Å². The Balaban J connectivity index is 1.40. The summed E-state index contributed by atoms with van der Waals surface area (Å²) in [6, 6.07) is 6.85. The zero-order chi connectivity index (χ0) is 21.4. The van der Waals surface area contributed by atoms with Crippen LogP contribution in [0.25, 0.3) is 0 Å². The maximum Gasteiger partial charge on any atom is 0.264 e. The first kappa shape index (κ1) is 19.6. The van der Waals surface area contributed by atoms with Crippen LogP contribution in [0.4, 0.5) is 0 Å². The third-order valence-electron chi connectivity index (χ3n) is 5.84. The van der Waals surface area contributed by atoms with Gasteiger partial charge in [0, 0.05) is 31.9 Å². The number of aromatic nitrogens is 3. The average Bonchev–Trinajstić information content (AvgIpc) is 3.51. The van der Waals surface area contributed by atoms with E-state index in [2.05, 4.69) is 9.97 Å². The first-order valence-electron chi connectivity index (χ1n) is 10.3. The van der Waals surface area contributed by atoms with Gasteiger partial charge in [0.15, 0.2) is 0 Å². The van der Waals surface area contributed by atoms with Gasteiger partial charge in [0.05, 0.1) is 34.3 Å². The number of fused-ring (bicyclic) bond motifs is 1. The van der Waals surface area contributed by atoms with Crippen LogP contribution in [0.3, 0.4) is 0 Å². The van der Waals surface area contributed by atoms with Crippen LogP contribution in [0.15, 0.2) is 46.8 Å². The van der Waals surface area contributed by atoms with Crippen molar-refractivity contribution in [1.29, 1.82) is 0 Å². The van der Waals surface area contributed by atoms with E-state index in [1.165, 1.54) is 11.3 Å². The van der Waals surface area contributed by atoms with Crippen LogP contribution in [0, 0.1) is 0 Å². The SMILES string of the molecule is O=C(c1cccs1)N1CCc2nc([C@@H]3CCCN3C(=O)c3cccnc3)[nH]c(=O)c2C1. The van der Waals surface area contributed by atoms with Gasteiger partial charge in [-0.2, -0.15) is 0 Å². The van der Waals surface area contributed by atoms with Crippen molar-refractivity contribution in [2.45, 2.75) is 31.8 Å². The van der Waals surface area contributed by atoms with Crippen molar-refractivity contribution in [1.82, 2.24) is 24.8 Å². The maximum atomic E-state index is 13.0. The monoisotopic (exact) mass is 435 g/mol. The molecule has 1 atom stereocenters. The first-order chi connectivity index (χ1) is 15.1. The molecule has 3 aromatic heterocycles. The Labute approximate surface area is 182 Å². The molecule has 0 aliphatic carbocycles. The van der Waals surface area contributed by atoms with Crippen molar-refractivity contribution in [3.8, 4) is 0 Å². The van der Waals surface area contributed by atoms with Gasteiger partial charge in [-0.15, -0.1) is 11.3 Å². The van der Waals surface area contributed by atoms with Crippen LogP contribution >= 0.6 is 11.3 Å². The van der Waals surface area contributed by atoms with Crippen LogP contribution in [0.1, 0.15) is 56.0 Å². The highest BCUT2D eigenvalue weighted by molar-refractivity contribution is 7.12. The highest BCUT2D eigenvalue weighted by Crippen LogP contribution is 2.31. The Kier molecular flexibility index (Phi) is 5.11. The number of carbonyl (C=O) groups is 2. The largest absolute Gasteiger partial charge is 0.333 e. The van der Waals surface area contributed by atoms with Gasteiger partial charge in [0.1, 0.15) is 5.82 Å². The van der Waals surface area contributed by atoms with Crippen molar-refractivity contribution < 1.29 is 9.59 Å². The molecule has 2 aliphatic rings. The molecule has 0 unspecified atom stereocenters. The third-order valence-corrected chi connectivity index (χ3v) is 6.70. The van der Waals surface area contributed by atoms with Crippen molar-refractivity contribution in [2.24, 2.45) is 0 Å². The van der Waals surface area contributed by atoms with Crippen molar-refractivity contribution >= 4 is 23.2 Å². The van der Waals surface area contributed by atoms with Crippen LogP contribution in [-0.2, 0) is 13.0 Å². The molecular weight excluding hydrogens is 414 g/mol.